The van der Waals surface area contributed by atoms with E-state index in [1.807, 2.05) is 12.1 Å². The average molecular weight is 334 g/mol. The Morgan fingerprint density at radius 3 is 2.42 bits per heavy atom. The first kappa shape index (κ1) is 16.7. The Labute approximate surface area is 138 Å². The number of hydrogen-bond donors (Lipinski definition) is 0. The third kappa shape index (κ3) is 3.10. The minimum absolute atomic E-state index is 0.0143. The van der Waals surface area contributed by atoms with Crippen LogP contribution in [0.2, 0.25) is 0 Å². The molecule has 126 valence electrons. The molecule has 2 aromatic carbocycles. The fourth-order valence-corrected chi connectivity index (χ4v) is 3.42. The van der Waals surface area contributed by atoms with Crippen LogP contribution in [-0.2, 0) is 12.8 Å². The molecule has 1 aliphatic carbocycles. The van der Waals surface area contributed by atoms with Gasteiger partial charge in [0.25, 0.3) is 0 Å². The fourth-order valence-electron chi connectivity index (χ4n) is 3.42. The van der Waals surface area contributed by atoms with Crippen LogP contribution in [0.4, 0.5) is 17.6 Å². The molecule has 0 fully saturated rings. The second kappa shape index (κ2) is 6.80. The first-order chi connectivity index (χ1) is 11.5. The predicted octanol–water partition coefficient (Wildman–Crippen LogP) is 5.98. The highest BCUT2D eigenvalue weighted by Gasteiger charge is 2.23. The third-order valence-electron chi connectivity index (χ3n) is 4.73. The highest BCUT2D eigenvalue weighted by atomic mass is 19.2. The molecular weight excluding hydrogens is 316 g/mol. The summed E-state index contributed by atoms with van der Waals surface area (Å²) < 4.78 is 54.8. The lowest BCUT2D eigenvalue weighted by atomic mass is 9.80. The van der Waals surface area contributed by atoms with Gasteiger partial charge in [0.15, 0.2) is 17.5 Å². The Bertz CT molecular complexity index is 756. The molecule has 0 aliphatic heterocycles. The molecule has 0 heterocycles. The maximum atomic E-state index is 14.8. The van der Waals surface area contributed by atoms with E-state index >= 15 is 0 Å². The molecule has 24 heavy (non-hydrogen) atoms. The van der Waals surface area contributed by atoms with Gasteiger partial charge in [-0.05, 0) is 66.8 Å². The van der Waals surface area contributed by atoms with E-state index in [-0.39, 0.29) is 11.1 Å². The van der Waals surface area contributed by atoms with Crippen molar-refractivity contribution in [1.29, 1.82) is 0 Å². The van der Waals surface area contributed by atoms with Crippen LogP contribution in [0.15, 0.2) is 36.9 Å². The molecule has 0 bridgehead atoms. The highest BCUT2D eigenvalue weighted by Crippen LogP contribution is 2.35. The first-order valence-corrected chi connectivity index (χ1v) is 8.07. The summed E-state index contributed by atoms with van der Waals surface area (Å²) in [5.74, 6) is -4.12. The summed E-state index contributed by atoms with van der Waals surface area (Å²) in [4.78, 5) is 0. The maximum Gasteiger partial charge on any atom is 0.194 e. The number of fused-ring (bicyclic) bond motifs is 1. The second-order valence-corrected chi connectivity index (χ2v) is 6.29. The Kier molecular flexibility index (Phi) is 4.74. The summed E-state index contributed by atoms with van der Waals surface area (Å²) in [7, 11) is 0. The summed E-state index contributed by atoms with van der Waals surface area (Å²) in [5, 5.41) is 0. The van der Waals surface area contributed by atoms with Crippen molar-refractivity contribution >= 4 is 0 Å². The standard InChI is InChI=1S/C20H18F4/c1-2-3-4-12-5-7-15-13(9-12)6-8-16(19(15)23)14-10-17(21)20(24)18(22)11-14/h2,6,8,10-12H,1,3-5,7,9H2. The molecule has 1 unspecified atom stereocenters. The van der Waals surface area contributed by atoms with Gasteiger partial charge in [-0.1, -0.05) is 18.2 Å². The lowest BCUT2D eigenvalue weighted by molar-refractivity contribution is 0.422. The van der Waals surface area contributed by atoms with Crippen molar-refractivity contribution in [2.24, 2.45) is 5.92 Å². The van der Waals surface area contributed by atoms with Crippen molar-refractivity contribution in [1.82, 2.24) is 0 Å². The van der Waals surface area contributed by atoms with Crippen LogP contribution >= 0.6 is 0 Å². The van der Waals surface area contributed by atoms with E-state index in [1.54, 1.807) is 0 Å². The van der Waals surface area contributed by atoms with Gasteiger partial charge in [0, 0.05) is 5.56 Å². The van der Waals surface area contributed by atoms with Crippen molar-refractivity contribution < 1.29 is 17.6 Å². The smallest absolute Gasteiger partial charge is 0.194 e. The lowest BCUT2D eigenvalue weighted by Crippen LogP contribution is -2.16. The zero-order valence-electron chi connectivity index (χ0n) is 13.2. The van der Waals surface area contributed by atoms with Crippen molar-refractivity contribution in [2.45, 2.75) is 32.1 Å². The van der Waals surface area contributed by atoms with Crippen LogP contribution in [0.25, 0.3) is 11.1 Å². The van der Waals surface area contributed by atoms with Crippen LogP contribution in [0.5, 0.6) is 0 Å². The summed E-state index contributed by atoms with van der Waals surface area (Å²) in [6.45, 7) is 3.72. The molecule has 0 amide bonds. The Balaban J connectivity index is 1.95. The molecule has 0 radical (unpaired) electrons. The SMILES string of the molecule is C=CCCC1CCc2c(ccc(-c3cc(F)c(F)c(F)c3)c2F)C1. The summed E-state index contributed by atoms with van der Waals surface area (Å²) in [6, 6.07) is 5.00. The lowest BCUT2D eigenvalue weighted by Gasteiger charge is -2.25. The van der Waals surface area contributed by atoms with Crippen LogP contribution in [0.1, 0.15) is 30.4 Å². The Morgan fingerprint density at radius 1 is 1.04 bits per heavy atom. The molecule has 4 heteroatoms. The van der Waals surface area contributed by atoms with Gasteiger partial charge in [-0.3, -0.25) is 0 Å². The first-order valence-electron chi connectivity index (χ1n) is 8.07. The third-order valence-corrected chi connectivity index (χ3v) is 4.73. The predicted molar refractivity (Wildman–Crippen MR) is 86.7 cm³/mol. The van der Waals surface area contributed by atoms with Crippen molar-refractivity contribution in [2.75, 3.05) is 0 Å². The van der Waals surface area contributed by atoms with E-state index < -0.39 is 23.3 Å². The molecule has 1 aliphatic rings. The van der Waals surface area contributed by atoms with Gasteiger partial charge in [-0.2, -0.15) is 0 Å². The van der Waals surface area contributed by atoms with E-state index in [1.165, 1.54) is 6.07 Å². The van der Waals surface area contributed by atoms with Gasteiger partial charge in [-0.25, -0.2) is 17.6 Å². The van der Waals surface area contributed by atoms with E-state index in [2.05, 4.69) is 6.58 Å². The minimum atomic E-state index is -1.54. The number of benzene rings is 2. The summed E-state index contributed by atoms with van der Waals surface area (Å²) >= 11 is 0. The van der Waals surface area contributed by atoms with Crippen molar-refractivity contribution in [3.63, 3.8) is 0 Å². The van der Waals surface area contributed by atoms with Crippen LogP contribution < -0.4 is 0 Å². The number of halogens is 4. The number of hydrogen-bond acceptors (Lipinski definition) is 0. The van der Waals surface area contributed by atoms with Crippen LogP contribution in [0, 0.1) is 29.2 Å². The van der Waals surface area contributed by atoms with Crippen LogP contribution in [-0.4, -0.2) is 0 Å². The fraction of sp³-hybridized carbons (Fsp3) is 0.300. The van der Waals surface area contributed by atoms with E-state index in [9.17, 15) is 17.6 Å². The average Bonchev–Trinajstić information content (AvgIpc) is 2.57. The van der Waals surface area contributed by atoms with Gasteiger partial charge >= 0.3 is 0 Å². The summed E-state index contributed by atoms with van der Waals surface area (Å²) in [5.41, 5.74) is 1.67. The van der Waals surface area contributed by atoms with Crippen LogP contribution in [0.3, 0.4) is 0 Å². The van der Waals surface area contributed by atoms with E-state index in [0.717, 1.165) is 43.4 Å². The van der Waals surface area contributed by atoms with E-state index in [4.69, 9.17) is 0 Å². The number of rotatable bonds is 4. The second-order valence-electron chi connectivity index (χ2n) is 6.29. The van der Waals surface area contributed by atoms with Gasteiger partial charge in [0.2, 0.25) is 0 Å². The van der Waals surface area contributed by atoms with Crippen molar-refractivity contribution in [3.8, 4) is 11.1 Å². The summed E-state index contributed by atoms with van der Waals surface area (Å²) in [6.07, 6.45) is 6.13. The van der Waals surface area contributed by atoms with E-state index in [0.29, 0.717) is 17.9 Å². The minimum Gasteiger partial charge on any atom is -0.206 e. The molecule has 0 aromatic heterocycles. The monoisotopic (exact) mass is 334 g/mol. The molecule has 0 nitrogen and oxygen atoms in total. The van der Waals surface area contributed by atoms with Crippen molar-refractivity contribution in [3.05, 3.63) is 71.3 Å². The molecule has 0 N–H and O–H groups in total. The Hall–Kier alpha value is -2.10. The van der Waals surface area contributed by atoms with Gasteiger partial charge < -0.3 is 0 Å². The molecule has 0 saturated carbocycles. The molecule has 3 rings (SSSR count). The topological polar surface area (TPSA) is 0 Å². The molecule has 2 aromatic rings. The molecule has 1 atom stereocenters. The largest absolute Gasteiger partial charge is 0.206 e. The number of allylic oxidation sites excluding steroid dienone is 1. The van der Waals surface area contributed by atoms with Gasteiger partial charge in [-0.15, -0.1) is 6.58 Å². The van der Waals surface area contributed by atoms with Gasteiger partial charge in [0.05, 0.1) is 0 Å². The molecule has 0 saturated heterocycles. The van der Waals surface area contributed by atoms with Gasteiger partial charge in [0.1, 0.15) is 5.82 Å². The maximum absolute atomic E-state index is 14.8. The molecule has 0 spiro atoms. The zero-order valence-corrected chi connectivity index (χ0v) is 13.2. The highest BCUT2D eigenvalue weighted by molar-refractivity contribution is 5.66. The molecular formula is C20H18F4. The Morgan fingerprint density at radius 2 is 1.75 bits per heavy atom. The quantitative estimate of drug-likeness (QED) is 0.366. The zero-order chi connectivity index (χ0) is 17.3. The normalized spacial score (nSPS) is 16.8.